The lowest BCUT2D eigenvalue weighted by Gasteiger charge is -2.22. The van der Waals surface area contributed by atoms with Crippen LogP contribution in [0.2, 0.25) is 0 Å². The maximum atomic E-state index is 12.6. The molecule has 0 aliphatic heterocycles. The van der Waals surface area contributed by atoms with E-state index in [1.165, 1.54) is 12.1 Å². The Morgan fingerprint density at radius 2 is 1.93 bits per heavy atom. The molecule has 0 aliphatic carbocycles. The zero-order valence-electron chi connectivity index (χ0n) is 8.70. The highest BCUT2D eigenvalue weighted by molar-refractivity contribution is 5.45. The molecule has 3 heteroatoms. The van der Waals surface area contributed by atoms with Gasteiger partial charge in [-0.25, -0.2) is 4.39 Å². The minimum absolute atomic E-state index is 0.171. The standard InChI is InChI=1S/C11H17FN2/c1-3-10(13)8-14(2)11-6-4-9(12)5-7-11/h4-7,10H,3,8,13H2,1-2H3. The zero-order valence-corrected chi connectivity index (χ0v) is 8.70. The van der Waals surface area contributed by atoms with Gasteiger partial charge in [0.2, 0.25) is 0 Å². The Morgan fingerprint density at radius 3 is 2.43 bits per heavy atom. The maximum Gasteiger partial charge on any atom is 0.123 e. The quantitative estimate of drug-likeness (QED) is 0.798. The third-order valence-electron chi connectivity index (χ3n) is 2.30. The van der Waals surface area contributed by atoms with Crippen molar-refractivity contribution in [3.63, 3.8) is 0 Å². The lowest BCUT2D eigenvalue weighted by Crippen LogP contribution is -2.34. The molecule has 1 unspecified atom stereocenters. The van der Waals surface area contributed by atoms with Crippen molar-refractivity contribution in [2.24, 2.45) is 5.73 Å². The summed E-state index contributed by atoms with van der Waals surface area (Å²) in [7, 11) is 1.96. The van der Waals surface area contributed by atoms with E-state index in [4.69, 9.17) is 5.73 Å². The first-order valence-corrected chi connectivity index (χ1v) is 4.85. The first-order valence-electron chi connectivity index (χ1n) is 4.85. The van der Waals surface area contributed by atoms with Gasteiger partial charge in [0.15, 0.2) is 0 Å². The van der Waals surface area contributed by atoms with Crippen molar-refractivity contribution in [2.75, 3.05) is 18.5 Å². The second-order valence-corrected chi connectivity index (χ2v) is 3.53. The minimum atomic E-state index is -0.207. The molecule has 0 bridgehead atoms. The Balaban J connectivity index is 2.60. The van der Waals surface area contributed by atoms with Gasteiger partial charge in [-0.1, -0.05) is 6.92 Å². The highest BCUT2D eigenvalue weighted by Crippen LogP contribution is 2.13. The molecule has 0 amide bonds. The molecule has 1 aromatic rings. The summed E-state index contributed by atoms with van der Waals surface area (Å²) in [5.41, 5.74) is 6.82. The third kappa shape index (κ3) is 3.00. The van der Waals surface area contributed by atoms with Crippen LogP contribution in [0.4, 0.5) is 10.1 Å². The van der Waals surface area contributed by atoms with Gasteiger partial charge in [0, 0.05) is 25.3 Å². The zero-order chi connectivity index (χ0) is 10.6. The number of nitrogens with two attached hydrogens (primary N) is 1. The van der Waals surface area contributed by atoms with Crippen molar-refractivity contribution >= 4 is 5.69 Å². The van der Waals surface area contributed by atoms with E-state index in [0.29, 0.717) is 0 Å². The van der Waals surface area contributed by atoms with Gasteiger partial charge < -0.3 is 10.6 Å². The number of benzene rings is 1. The van der Waals surface area contributed by atoms with Crippen LogP contribution in [0.15, 0.2) is 24.3 Å². The lowest BCUT2D eigenvalue weighted by molar-refractivity contribution is 0.624. The lowest BCUT2D eigenvalue weighted by atomic mass is 10.2. The first-order chi connectivity index (χ1) is 6.63. The van der Waals surface area contributed by atoms with Crippen LogP contribution in [0.25, 0.3) is 0 Å². The van der Waals surface area contributed by atoms with Crippen molar-refractivity contribution in [3.05, 3.63) is 30.1 Å². The van der Waals surface area contributed by atoms with Gasteiger partial charge in [0.25, 0.3) is 0 Å². The maximum absolute atomic E-state index is 12.6. The number of likely N-dealkylation sites (N-methyl/N-ethyl adjacent to an activating group) is 1. The van der Waals surface area contributed by atoms with Gasteiger partial charge in [0.05, 0.1) is 0 Å². The van der Waals surface area contributed by atoms with Gasteiger partial charge in [-0.05, 0) is 30.7 Å². The number of nitrogens with zero attached hydrogens (tertiary/aromatic N) is 1. The summed E-state index contributed by atoms with van der Waals surface area (Å²) in [5, 5.41) is 0. The van der Waals surface area contributed by atoms with Crippen LogP contribution in [-0.4, -0.2) is 19.6 Å². The molecular weight excluding hydrogens is 179 g/mol. The molecule has 78 valence electrons. The molecule has 1 rings (SSSR count). The molecule has 0 spiro atoms. The van der Waals surface area contributed by atoms with Crippen LogP contribution in [0.3, 0.4) is 0 Å². The van der Waals surface area contributed by atoms with Gasteiger partial charge in [-0.15, -0.1) is 0 Å². The number of anilines is 1. The van der Waals surface area contributed by atoms with Gasteiger partial charge in [-0.3, -0.25) is 0 Å². The number of rotatable bonds is 4. The summed E-state index contributed by atoms with van der Waals surface area (Å²) >= 11 is 0. The molecule has 2 nitrogen and oxygen atoms in total. The Morgan fingerprint density at radius 1 is 1.36 bits per heavy atom. The molecule has 14 heavy (non-hydrogen) atoms. The minimum Gasteiger partial charge on any atom is -0.373 e. The molecule has 0 heterocycles. The van der Waals surface area contributed by atoms with Crippen LogP contribution in [0.1, 0.15) is 13.3 Å². The van der Waals surface area contributed by atoms with E-state index in [2.05, 4.69) is 6.92 Å². The summed E-state index contributed by atoms with van der Waals surface area (Å²) in [5.74, 6) is -0.207. The molecule has 1 atom stereocenters. The van der Waals surface area contributed by atoms with Crippen molar-refractivity contribution < 1.29 is 4.39 Å². The average molecular weight is 196 g/mol. The van der Waals surface area contributed by atoms with E-state index in [-0.39, 0.29) is 11.9 Å². The van der Waals surface area contributed by atoms with Crippen molar-refractivity contribution in [1.82, 2.24) is 0 Å². The molecule has 0 aromatic heterocycles. The largest absolute Gasteiger partial charge is 0.373 e. The Hall–Kier alpha value is -1.09. The molecule has 0 aliphatic rings. The van der Waals surface area contributed by atoms with Crippen molar-refractivity contribution in [2.45, 2.75) is 19.4 Å². The molecular formula is C11H17FN2. The van der Waals surface area contributed by atoms with Crippen LogP contribution in [0, 0.1) is 5.82 Å². The Bertz CT molecular complexity index is 271. The summed E-state index contributed by atoms with van der Waals surface area (Å²) in [6, 6.07) is 6.62. The molecule has 0 saturated heterocycles. The monoisotopic (exact) mass is 196 g/mol. The third-order valence-corrected chi connectivity index (χ3v) is 2.30. The van der Waals surface area contributed by atoms with Crippen LogP contribution < -0.4 is 10.6 Å². The molecule has 0 saturated carbocycles. The average Bonchev–Trinajstić information content (AvgIpc) is 2.18. The van der Waals surface area contributed by atoms with Gasteiger partial charge >= 0.3 is 0 Å². The fraction of sp³-hybridized carbons (Fsp3) is 0.455. The number of hydrogen-bond donors (Lipinski definition) is 1. The predicted molar refractivity (Wildman–Crippen MR) is 57.9 cm³/mol. The second kappa shape index (κ2) is 4.96. The molecule has 0 radical (unpaired) electrons. The Kier molecular flexibility index (Phi) is 3.89. The van der Waals surface area contributed by atoms with E-state index in [9.17, 15) is 4.39 Å². The SMILES string of the molecule is CCC(N)CN(C)c1ccc(F)cc1. The predicted octanol–water partition coefficient (Wildman–Crippen LogP) is 2.00. The number of hydrogen-bond acceptors (Lipinski definition) is 2. The Labute approximate surface area is 84.5 Å². The van der Waals surface area contributed by atoms with Crippen molar-refractivity contribution in [1.29, 1.82) is 0 Å². The molecule has 0 fully saturated rings. The summed E-state index contributed by atoms with van der Waals surface area (Å²) in [6.45, 7) is 2.85. The molecule has 1 aromatic carbocycles. The summed E-state index contributed by atoms with van der Waals surface area (Å²) in [4.78, 5) is 2.04. The highest BCUT2D eigenvalue weighted by atomic mass is 19.1. The van der Waals surface area contributed by atoms with E-state index >= 15 is 0 Å². The van der Waals surface area contributed by atoms with E-state index < -0.39 is 0 Å². The fourth-order valence-corrected chi connectivity index (χ4v) is 1.28. The van der Waals surface area contributed by atoms with E-state index in [0.717, 1.165) is 18.7 Å². The highest BCUT2D eigenvalue weighted by Gasteiger charge is 2.05. The normalized spacial score (nSPS) is 12.6. The van der Waals surface area contributed by atoms with Crippen LogP contribution >= 0.6 is 0 Å². The fourth-order valence-electron chi connectivity index (χ4n) is 1.28. The first kappa shape index (κ1) is 11.0. The van der Waals surface area contributed by atoms with Crippen LogP contribution in [0.5, 0.6) is 0 Å². The molecule has 2 N–H and O–H groups in total. The van der Waals surface area contributed by atoms with E-state index in [1.807, 2.05) is 11.9 Å². The van der Waals surface area contributed by atoms with Crippen LogP contribution in [-0.2, 0) is 0 Å². The summed E-state index contributed by atoms with van der Waals surface area (Å²) < 4.78 is 12.6. The van der Waals surface area contributed by atoms with Gasteiger partial charge in [0.1, 0.15) is 5.82 Å². The topological polar surface area (TPSA) is 29.3 Å². The second-order valence-electron chi connectivity index (χ2n) is 3.53. The van der Waals surface area contributed by atoms with Gasteiger partial charge in [-0.2, -0.15) is 0 Å². The summed E-state index contributed by atoms with van der Waals surface area (Å²) in [6.07, 6.45) is 0.950. The smallest absolute Gasteiger partial charge is 0.123 e. The van der Waals surface area contributed by atoms with Crippen molar-refractivity contribution in [3.8, 4) is 0 Å². The number of halogens is 1. The van der Waals surface area contributed by atoms with E-state index in [1.54, 1.807) is 12.1 Å².